The molecule has 1 aliphatic rings. The minimum absolute atomic E-state index is 0.105. The molecule has 1 atom stereocenters. The maximum absolute atomic E-state index is 12.3. The number of esters is 1. The summed E-state index contributed by atoms with van der Waals surface area (Å²) in [6, 6.07) is 3.32. The largest absolute Gasteiger partial charge is 0.504 e. The van der Waals surface area contributed by atoms with Gasteiger partial charge >= 0.3 is 5.97 Å². The SMILES string of the molecule is CCOc1cc([C@H]2C(C(C)=O)=C(O)C(=O)N2CC(=O)OC)ccc1O. The van der Waals surface area contributed by atoms with Crippen LogP contribution in [0.3, 0.4) is 0 Å². The molecular formula is C17H19NO7. The van der Waals surface area contributed by atoms with Gasteiger partial charge in [0.15, 0.2) is 23.0 Å². The number of hydrogen-bond donors (Lipinski definition) is 2. The monoisotopic (exact) mass is 349 g/mol. The Kier molecular flexibility index (Phi) is 5.31. The fourth-order valence-electron chi connectivity index (χ4n) is 2.70. The predicted molar refractivity (Wildman–Crippen MR) is 86.1 cm³/mol. The topological polar surface area (TPSA) is 113 Å². The number of ether oxygens (including phenoxy) is 2. The van der Waals surface area contributed by atoms with Crippen molar-refractivity contribution in [2.75, 3.05) is 20.3 Å². The van der Waals surface area contributed by atoms with Gasteiger partial charge in [0.2, 0.25) is 0 Å². The Bertz CT molecular complexity index is 753. The van der Waals surface area contributed by atoms with Crippen molar-refractivity contribution in [3.63, 3.8) is 0 Å². The van der Waals surface area contributed by atoms with Gasteiger partial charge in [0.05, 0.1) is 25.3 Å². The fraction of sp³-hybridized carbons (Fsp3) is 0.353. The molecule has 134 valence electrons. The van der Waals surface area contributed by atoms with Crippen LogP contribution in [0.5, 0.6) is 11.5 Å². The second-order valence-corrected chi connectivity index (χ2v) is 5.39. The first kappa shape index (κ1) is 18.3. The third-order valence-electron chi connectivity index (χ3n) is 3.81. The Morgan fingerprint density at radius 1 is 1.28 bits per heavy atom. The number of amides is 1. The smallest absolute Gasteiger partial charge is 0.325 e. The minimum Gasteiger partial charge on any atom is -0.504 e. The molecule has 0 bridgehead atoms. The van der Waals surface area contributed by atoms with Crippen molar-refractivity contribution in [1.82, 2.24) is 4.90 Å². The molecule has 2 N–H and O–H groups in total. The maximum Gasteiger partial charge on any atom is 0.325 e. The first-order valence-electron chi connectivity index (χ1n) is 7.59. The number of aromatic hydroxyl groups is 1. The van der Waals surface area contributed by atoms with Crippen molar-refractivity contribution in [3.05, 3.63) is 35.1 Å². The Labute approximate surface area is 144 Å². The lowest BCUT2D eigenvalue weighted by Crippen LogP contribution is -2.36. The molecule has 8 nitrogen and oxygen atoms in total. The molecule has 0 aromatic heterocycles. The van der Waals surface area contributed by atoms with Gasteiger partial charge in [-0.1, -0.05) is 6.07 Å². The Balaban J connectivity index is 2.55. The second kappa shape index (κ2) is 7.25. The number of ketones is 1. The van der Waals surface area contributed by atoms with Crippen LogP contribution in [-0.4, -0.2) is 53.0 Å². The number of hydrogen-bond acceptors (Lipinski definition) is 7. The average Bonchev–Trinajstić information content (AvgIpc) is 2.82. The third kappa shape index (κ3) is 3.42. The van der Waals surface area contributed by atoms with Crippen LogP contribution in [0, 0.1) is 0 Å². The molecule has 0 aliphatic carbocycles. The van der Waals surface area contributed by atoms with Gasteiger partial charge < -0.3 is 24.6 Å². The van der Waals surface area contributed by atoms with Crippen LogP contribution >= 0.6 is 0 Å². The van der Waals surface area contributed by atoms with Gasteiger partial charge in [0, 0.05) is 0 Å². The quantitative estimate of drug-likeness (QED) is 0.743. The normalized spacial score (nSPS) is 17.0. The average molecular weight is 349 g/mol. The fourth-order valence-corrected chi connectivity index (χ4v) is 2.70. The zero-order chi connectivity index (χ0) is 18.7. The highest BCUT2D eigenvalue weighted by Gasteiger charge is 2.43. The van der Waals surface area contributed by atoms with Crippen LogP contribution in [0.15, 0.2) is 29.5 Å². The summed E-state index contributed by atoms with van der Waals surface area (Å²) in [5, 5.41) is 19.9. The van der Waals surface area contributed by atoms with Crippen LogP contribution in [0.25, 0.3) is 0 Å². The molecule has 0 fully saturated rings. The van der Waals surface area contributed by atoms with Gasteiger partial charge in [0.25, 0.3) is 5.91 Å². The van der Waals surface area contributed by atoms with Crippen LogP contribution in [-0.2, 0) is 19.1 Å². The highest BCUT2D eigenvalue weighted by molar-refractivity contribution is 6.08. The number of benzene rings is 1. The second-order valence-electron chi connectivity index (χ2n) is 5.39. The highest BCUT2D eigenvalue weighted by Crippen LogP contribution is 2.40. The molecule has 8 heteroatoms. The van der Waals surface area contributed by atoms with Crippen molar-refractivity contribution < 1.29 is 34.1 Å². The zero-order valence-electron chi connectivity index (χ0n) is 14.1. The van der Waals surface area contributed by atoms with Gasteiger partial charge in [0.1, 0.15) is 6.54 Å². The Morgan fingerprint density at radius 2 is 1.96 bits per heavy atom. The number of phenols is 1. The van der Waals surface area contributed by atoms with E-state index in [0.29, 0.717) is 12.2 Å². The molecular weight excluding hydrogens is 330 g/mol. The van der Waals surface area contributed by atoms with E-state index < -0.39 is 36.0 Å². The summed E-state index contributed by atoms with van der Waals surface area (Å²) in [5.74, 6) is -2.68. The Hall–Kier alpha value is -3.03. The number of aliphatic hydroxyl groups is 1. The van der Waals surface area contributed by atoms with E-state index in [1.54, 1.807) is 6.92 Å². The van der Waals surface area contributed by atoms with Crippen molar-refractivity contribution in [3.8, 4) is 11.5 Å². The van der Waals surface area contributed by atoms with E-state index >= 15 is 0 Å². The Morgan fingerprint density at radius 3 is 2.52 bits per heavy atom. The van der Waals surface area contributed by atoms with Crippen LogP contribution < -0.4 is 4.74 Å². The van der Waals surface area contributed by atoms with Crippen LogP contribution in [0.1, 0.15) is 25.5 Å². The lowest BCUT2D eigenvalue weighted by molar-refractivity contribution is -0.146. The number of carbonyl (C=O) groups excluding carboxylic acids is 3. The predicted octanol–water partition coefficient (Wildman–Crippen LogP) is 1.25. The first-order valence-corrected chi connectivity index (χ1v) is 7.59. The molecule has 25 heavy (non-hydrogen) atoms. The maximum atomic E-state index is 12.3. The summed E-state index contributed by atoms with van der Waals surface area (Å²) >= 11 is 0. The lowest BCUT2D eigenvalue weighted by Gasteiger charge is -2.25. The first-order chi connectivity index (χ1) is 11.8. The molecule has 0 unspecified atom stereocenters. The number of nitrogens with zero attached hydrogens (tertiary/aromatic N) is 1. The standard InChI is InChI=1S/C17H19NO7/c1-4-25-12-7-10(5-6-11(12)20)15-14(9(2)19)16(22)17(23)18(15)8-13(21)24-3/h5-7,15,20,22H,4,8H2,1-3H3/t15-/m0/s1. The highest BCUT2D eigenvalue weighted by atomic mass is 16.5. The van der Waals surface area contributed by atoms with Gasteiger partial charge in [-0.3, -0.25) is 14.4 Å². The summed E-state index contributed by atoms with van der Waals surface area (Å²) in [5.41, 5.74) is 0.287. The van der Waals surface area contributed by atoms with E-state index in [1.165, 1.54) is 32.2 Å². The van der Waals surface area contributed by atoms with Gasteiger partial charge in [-0.15, -0.1) is 0 Å². The van der Waals surface area contributed by atoms with E-state index in [2.05, 4.69) is 4.74 Å². The summed E-state index contributed by atoms with van der Waals surface area (Å²) in [4.78, 5) is 37.0. The molecule has 1 aromatic carbocycles. The number of methoxy groups -OCH3 is 1. The van der Waals surface area contributed by atoms with Gasteiger partial charge in [-0.2, -0.15) is 0 Å². The van der Waals surface area contributed by atoms with E-state index in [0.717, 1.165) is 4.90 Å². The third-order valence-corrected chi connectivity index (χ3v) is 3.81. The van der Waals surface area contributed by atoms with Crippen molar-refractivity contribution in [1.29, 1.82) is 0 Å². The van der Waals surface area contributed by atoms with Crippen molar-refractivity contribution in [2.24, 2.45) is 0 Å². The molecule has 0 radical (unpaired) electrons. The van der Waals surface area contributed by atoms with Crippen molar-refractivity contribution >= 4 is 17.7 Å². The summed E-state index contributed by atoms with van der Waals surface area (Å²) in [6.45, 7) is 2.82. The van der Waals surface area contributed by atoms with Crippen LogP contribution in [0.2, 0.25) is 0 Å². The summed E-state index contributed by atoms with van der Waals surface area (Å²) in [7, 11) is 1.17. The summed E-state index contributed by atoms with van der Waals surface area (Å²) in [6.07, 6.45) is 0. The number of phenolic OH excluding ortho intramolecular Hbond substituents is 1. The van der Waals surface area contributed by atoms with Crippen molar-refractivity contribution in [2.45, 2.75) is 19.9 Å². The summed E-state index contributed by atoms with van der Waals surface area (Å²) < 4.78 is 9.89. The molecule has 1 heterocycles. The van der Waals surface area contributed by atoms with Gasteiger partial charge in [-0.25, -0.2) is 0 Å². The molecule has 1 aromatic rings. The van der Waals surface area contributed by atoms with E-state index in [-0.39, 0.29) is 17.1 Å². The van der Waals surface area contributed by atoms with E-state index in [1.807, 2.05) is 0 Å². The number of carbonyl (C=O) groups is 3. The molecule has 1 amide bonds. The van der Waals surface area contributed by atoms with Crippen LogP contribution in [0.4, 0.5) is 0 Å². The number of aliphatic hydroxyl groups excluding tert-OH is 1. The molecule has 0 saturated carbocycles. The van der Waals surface area contributed by atoms with E-state index in [9.17, 15) is 24.6 Å². The number of rotatable bonds is 6. The molecule has 2 rings (SSSR count). The molecule has 0 spiro atoms. The lowest BCUT2D eigenvalue weighted by atomic mass is 9.96. The zero-order valence-corrected chi connectivity index (χ0v) is 14.1. The van der Waals surface area contributed by atoms with Gasteiger partial charge in [-0.05, 0) is 31.5 Å². The minimum atomic E-state index is -0.982. The number of Topliss-reactive ketones (excluding diaryl/α,β-unsaturated/α-hetero) is 1. The molecule has 1 aliphatic heterocycles. The molecule has 0 saturated heterocycles. The van der Waals surface area contributed by atoms with E-state index in [4.69, 9.17) is 4.74 Å².